The Balaban J connectivity index is 1.99. The third kappa shape index (κ3) is 4.82. The van der Waals surface area contributed by atoms with E-state index in [4.69, 9.17) is 9.57 Å². The van der Waals surface area contributed by atoms with Crippen LogP contribution in [0.2, 0.25) is 0 Å². The monoisotopic (exact) mass is 325 g/mol. The lowest BCUT2D eigenvalue weighted by atomic mass is 9.85. The molecule has 0 spiro atoms. The van der Waals surface area contributed by atoms with Gasteiger partial charge in [-0.25, -0.2) is 4.79 Å². The molecule has 2 rings (SSSR count). The van der Waals surface area contributed by atoms with E-state index >= 15 is 0 Å². The van der Waals surface area contributed by atoms with Gasteiger partial charge in [0.1, 0.15) is 11.4 Å². The Morgan fingerprint density at radius 2 is 1.65 bits per heavy atom. The number of hydroxylamine groups is 2. The number of hydrogen-bond acceptors (Lipinski definition) is 7. The lowest BCUT2D eigenvalue weighted by molar-refractivity contribution is -0.191. The predicted octanol–water partition coefficient (Wildman–Crippen LogP) is 1.38. The van der Waals surface area contributed by atoms with E-state index in [2.05, 4.69) is 0 Å². The molecule has 0 aromatic heterocycles. The van der Waals surface area contributed by atoms with E-state index in [0.29, 0.717) is 5.56 Å². The van der Waals surface area contributed by atoms with Crippen molar-refractivity contribution in [3.63, 3.8) is 0 Å². The van der Waals surface area contributed by atoms with E-state index in [1.54, 1.807) is 32.9 Å². The maximum atomic E-state index is 11.7. The number of aliphatic hydroxyl groups is 2. The minimum absolute atomic E-state index is 0.0574. The zero-order valence-corrected chi connectivity index (χ0v) is 13.5. The van der Waals surface area contributed by atoms with Crippen LogP contribution < -0.4 is 0 Å². The molecule has 1 aliphatic heterocycles. The van der Waals surface area contributed by atoms with Gasteiger partial charge in [-0.1, -0.05) is 12.1 Å². The average Bonchev–Trinajstić information content (AvgIpc) is 2.37. The number of benzene rings is 1. The fourth-order valence-electron chi connectivity index (χ4n) is 2.56. The van der Waals surface area contributed by atoms with Crippen LogP contribution >= 0.6 is 0 Å². The summed E-state index contributed by atoms with van der Waals surface area (Å²) in [6.45, 7) is 5.27. The Bertz CT molecular complexity index is 526. The highest BCUT2D eigenvalue weighted by Gasteiger charge is 2.38. The first-order valence-electron chi connectivity index (χ1n) is 7.46. The zero-order valence-electron chi connectivity index (χ0n) is 13.5. The van der Waals surface area contributed by atoms with Crippen LogP contribution in [-0.2, 0) is 9.57 Å². The molecule has 0 amide bonds. The Morgan fingerprint density at radius 3 is 2.13 bits per heavy atom. The molecule has 7 heteroatoms. The van der Waals surface area contributed by atoms with E-state index in [9.17, 15) is 20.1 Å². The molecule has 3 N–H and O–H groups in total. The highest BCUT2D eigenvalue weighted by Crippen LogP contribution is 2.30. The molecule has 0 aliphatic carbocycles. The number of nitrogens with zero attached hydrogens (tertiary/aromatic N) is 1. The number of carbonyl (C=O) groups excluding carboxylic acids is 1. The molecule has 7 nitrogen and oxygen atoms in total. The number of ether oxygens (including phenoxy) is 1. The van der Waals surface area contributed by atoms with Crippen LogP contribution in [0.5, 0.6) is 5.75 Å². The van der Waals surface area contributed by atoms with Gasteiger partial charge >= 0.3 is 6.16 Å². The zero-order chi connectivity index (χ0) is 17.2. The van der Waals surface area contributed by atoms with Gasteiger partial charge in [0.2, 0.25) is 0 Å². The van der Waals surface area contributed by atoms with E-state index in [1.165, 1.54) is 17.2 Å². The number of aliphatic hydroxyl groups excluding tert-OH is 2. The van der Waals surface area contributed by atoms with Crippen LogP contribution in [-0.4, -0.2) is 57.4 Å². The number of phenolic OH excluding ortho intramolecular Hbond substituents is 1. The van der Waals surface area contributed by atoms with Crippen molar-refractivity contribution >= 4 is 6.16 Å². The molecule has 1 aromatic carbocycles. The Morgan fingerprint density at radius 1 is 1.13 bits per heavy atom. The van der Waals surface area contributed by atoms with Gasteiger partial charge < -0.3 is 24.9 Å². The average molecular weight is 325 g/mol. The summed E-state index contributed by atoms with van der Waals surface area (Å²) in [7, 11) is 0. The molecule has 3 atom stereocenters. The molecule has 1 aliphatic rings. The van der Waals surface area contributed by atoms with Crippen LogP contribution in [0.4, 0.5) is 4.79 Å². The molecule has 0 saturated carbocycles. The minimum atomic E-state index is -0.925. The topological polar surface area (TPSA) is 99.5 Å². The summed E-state index contributed by atoms with van der Waals surface area (Å²) in [5.74, 6) is -0.405. The van der Waals surface area contributed by atoms with Crippen LogP contribution in [0, 0.1) is 0 Å². The second-order valence-corrected chi connectivity index (χ2v) is 6.65. The van der Waals surface area contributed by atoms with E-state index in [1.807, 2.05) is 0 Å². The van der Waals surface area contributed by atoms with Crippen LogP contribution in [0.25, 0.3) is 0 Å². The molecule has 1 fully saturated rings. The molecule has 0 bridgehead atoms. The van der Waals surface area contributed by atoms with Gasteiger partial charge in [0, 0.05) is 5.92 Å². The summed E-state index contributed by atoms with van der Waals surface area (Å²) in [6, 6.07) is 6.30. The second-order valence-electron chi connectivity index (χ2n) is 6.65. The molecule has 0 radical (unpaired) electrons. The lowest BCUT2D eigenvalue weighted by Crippen LogP contribution is -2.51. The minimum Gasteiger partial charge on any atom is -0.508 e. The molecule has 1 aromatic rings. The van der Waals surface area contributed by atoms with E-state index < -0.39 is 29.9 Å². The van der Waals surface area contributed by atoms with Gasteiger partial charge in [0.05, 0.1) is 25.3 Å². The number of hydrogen-bond donors (Lipinski definition) is 3. The maximum Gasteiger partial charge on any atom is 0.528 e. The fourth-order valence-corrected chi connectivity index (χ4v) is 2.56. The largest absolute Gasteiger partial charge is 0.528 e. The van der Waals surface area contributed by atoms with Crippen molar-refractivity contribution < 1.29 is 29.7 Å². The molecular weight excluding hydrogens is 302 g/mol. The predicted molar refractivity (Wildman–Crippen MR) is 81.8 cm³/mol. The fraction of sp³-hybridized carbons (Fsp3) is 0.562. The van der Waals surface area contributed by atoms with Crippen molar-refractivity contribution in [2.24, 2.45) is 0 Å². The molecule has 128 valence electrons. The van der Waals surface area contributed by atoms with Crippen molar-refractivity contribution in [1.29, 1.82) is 0 Å². The van der Waals surface area contributed by atoms with E-state index in [-0.39, 0.29) is 18.8 Å². The smallest absolute Gasteiger partial charge is 0.508 e. The first kappa shape index (κ1) is 17.5. The summed E-state index contributed by atoms with van der Waals surface area (Å²) in [4.78, 5) is 16.7. The first-order valence-corrected chi connectivity index (χ1v) is 7.46. The Hall–Kier alpha value is -1.83. The van der Waals surface area contributed by atoms with Gasteiger partial charge in [-0.15, -0.1) is 5.06 Å². The third-order valence-electron chi connectivity index (χ3n) is 3.48. The highest BCUT2D eigenvalue weighted by atomic mass is 16.8. The molecule has 0 unspecified atom stereocenters. The number of aromatic hydroxyl groups is 1. The normalized spacial score (nSPS) is 25.9. The number of carbonyl (C=O) groups is 1. The molecule has 1 heterocycles. The molecule has 1 saturated heterocycles. The summed E-state index contributed by atoms with van der Waals surface area (Å²) >= 11 is 0. The van der Waals surface area contributed by atoms with Crippen molar-refractivity contribution in [2.75, 3.05) is 13.1 Å². The van der Waals surface area contributed by atoms with Gasteiger partial charge in [0.15, 0.2) is 0 Å². The van der Waals surface area contributed by atoms with Crippen LogP contribution in [0.15, 0.2) is 24.3 Å². The SMILES string of the molecule is CC(C)(C)OC(=O)ON1C[C@@H](O)[C@@H](c2ccc(O)cc2)[C@@H](O)C1. The number of β-amino-alcohol motifs (C(OH)–C–C–N with tert-alkyl or cyclic N) is 2. The van der Waals surface area contributed by atoms with Crippen LogP contribution in [0.1, 0.15) is 32.3 Å². The van der Waals surface area contributed by atoms with Gasteiger partial charge in [-0.05, 0) is 38.5 Å². The maximum absolute atomic E-state index is 11.7. The Kier molecular flexibility index (Phi) is 5.13. The summed E-state index contributed by atoms with van der Waals surface area (Å²) < 4.78 is 5.04. The molecule has 23 heavy (non-hydrogen) atoms. The van der Waals surface area contributed by atoms with Crippen molar-refractivity contribution in [3.8, 4) is 5.75 Å². The van der Waals surface area contributed by atoms with Gasteiger partial charge in [-0.3, -0.25) is 0 Å². The molecular formula is C16H23NO6. The number of phenols is 1. The Labute approximate surface area is 135 Å². The lowest BCUT2D eigenvalue weighted by Gasteiger charge is -2.38. The second kappa shape index (κ2) is 6.74. The standard InChI is InChI=1S/C16H23NO6/c1-16(2,3)22-15(21)23-17-8-12(19)14(13(20)9-17)10-4-6-11(18)7-5-10/h4-7,12-14,18-20H,8-9H2,1-3H3/t12-,13+,14-. The van der Waals surface area contributed by atoms with E-state index in [0.717, 1.165) is 0 Å². The number of piperidine rings is 1. The van der Waals surface area contributed by atoms with Crippen molar-refractivity contribution in [1.82, 2.24) is 5.06 Å². The van der Waals surface area contributed by atoms with Gasteiger partial charge in [-0.2, -0.15) is 0 Å². The van der Waals surface area contributed by atoms with Crippen molar-refractivity contribution in [3.05, 3.63) is 29.8 Å². The summed E-state index contributed by atoms with van der Waals surface area (Å²) in [6.07, 6.45) is -2.73. The summed E-state index contributed by atoms with van der Waals surface area (Å²) in [5, 5.41) is 31.1. The van der Waals surface area contributed by atoms with Gasteiger partial charge in [0.25, 0.3) is 0 Å². The summed E-state index contributed by atoms with van der Waals surface area (Å²) in [5.41, 5.74) is 0.0262. The third-order valence-corrected chi connectivity index (χ3v) is 3.48. The van der Waals surface area contributed by atoms with Crippen molar-refractivity contribution in [2.45, 2.75) is 44.5 Å². The highest BCUT2D eigenvalue weighted by molar-refractivity contribution is 5.60. The van der Waals surface area contributed by atoms with Crippen LogP contribution in [0.3, 0.4) is 0 Å². The number of rotatable bonds is 2. The first-order chi connectivity index (χ1) is 10.7. The quantitative estimate of drug-likeness (QED) is 0.706.